The number of hydrogen-bond donors (Lipinski definition) is 2. The van der Waals surface area contributed by atoms with Crippen molar-refractivity contribution in [2.24, 2.45) is 0 Å². The number of aromatic nitrogens is 4. The average molecular weight is 401 g/mol. The molecule has 2 aromatic heterocycles. The molecule has 0 aliphatic heterocycles. The van der Waals surface area contributed by atoms with Gasteiger partial charge in [-0.05, 0) is 61.1 Å². The van der Waals surface area contributed by atoms with Crippen LogP contribution in [0.25, 0.3) is 0 Å². The standard InChI is InChI=1S/2C13H16N2/c2*1-9-5-4-6-12(10(9)2)11(3)13-7-14-8-15-13/h2*4-8,11H,1-3H3,(H,14,15)/t11-;/m0./s1. The van der Waals surface area contributed by atoms with Crippen LogP contribution >= 0.6 is 0 Å². The molecule has 2 aromatic carbocycles. The van der Waals surface area contributed by atoms with E-state index in [1.807, 2.05) is 12.4 Å². The van der Waals surface area contributed by atoms with Crippen molar-refractivity contribution in [1.82, 2.24) is 19.9 Å². The second kappa shape index (κ2) is 9.57. The van der Waals surface area contributed by atoms with Crippen molar-refractivity contribution in [3.63, 3.8) is 0 Å². The smallest absolute Gasteiger partial charge is 0.0923 e. The minimum Gasteiger partial charge on any atom is -0.351 e. The van der Waals surface area contributed by atoms with Crippen molar-refractivity contribution in [1.29, 1.82) is 0 Å². The minimum absolute atomic E-state index is 0.358. The highest BCUT2D eigenvalue weighted by Gasteiger charge is 2.14. The van der Waals surface area contributed by atoms with E-state index >= 15 is 0 Å². The van der Waals surface area contributed by atoms with E-state index < -0.39 is 0 Å². The van der Waals surface area contributed by atoms with Gasteiger partial charge in [0.25, 0.3) is 0 Å². The van der Waals surface area contributed by atoms with E-state index in [9.17, 15) is 0 Å². The van der Waals surface area contributed by atoms with Gasteiger partial charge in [-0.25, -0.2) is 9.97 Å². The zero-order valence-electron chi connectivity index (χ0n) is 18.8. The molecule has 156 valence electrons. The van der Waals surface area contributed by atoms with Crippen molar-refractivity contribution in [3.05, 3.63) is 106 Å². The van der Waals surface area contributed by atoms with Gasteiger partial charge in [0, 0.05) is 24.2 Å². The monoisotopic (exact) mass is 400 g/mol. The molecule has 4 aromatic rings. The van der Waals surface area contributed by atoms with Crippen LogP contribution in [0, 0.1) is 27.7 Å². The van der Waals surface area contributed by atoms with Gasteiger partial charge in [0.1, 0.15) is 0 Å². The number of nitrogens with one attached hydrogen (secondary N) is 2. The Morgan fingerprint density at radius 1 is 0.633 bits per heavy atom. The molecule has 30 heavy (non-hydrogen) atoms. The fourth-order valence-electron chi connectivity index (χ4n) is 3.82. The van der Waals surface area contributed by atoms with Gasteiger partial charge >= 0.3 is 0 Å². The molecule has 0 amide bonds. The molecule has 0 saturated heterocycles. The van der Waals surface area contributed by atoms with E-state index in [1.54, 1.807) is 12.7 Å². The third-order valence-electron chi connectivity index (χ3n) is 6.15. The van der Waals surface area contributed by atoms with Gasteiger partial charge < -0.3 is 9.97 Å². The van der Waals surface area contributed by atoms with E-state index in [0.717, 1.165) is 11.4 Å². The van der Waals surface area contributed by atoms with Crippen molar-refractivity contribution < 1.29 is 0 Å². The van der Waals surface area contributed by atoms with Gasteiger partial charge in [0.15, 0.2) is 0 Å². The molecule has 4 nitrogen and oxygen atoms in total. The largest absolute Gasteiger partial charge is 0.351 e. The van der Waals surface area contributed by atoms with Crippen molar-refractivity contribution >= 4 is 0 Å². The third-order valence-corrected chi connectivity index (χ3v) is 6.15. The van der Waals surface area contributed by atoms with Gasteiger partial charge in [-0.1, -0.05) is 50.2 Å². The number of H-pyrrole nitrogens is 2. The predicted molar refractivity (Wildman–Crippen MR) is 124 cm³/mol. The summed E-state index contributed by atoms with van der Waals surface area (Å²) in [5.41, 5.74) is 10.3. The molecule has 0 bridgehead atoms. The number of benzene rings is 2. The molecule has 1 unspecified atom stereocenters. The normalized spacial score (nSPS) is 12.7. The molecule has 4 rings (SSSR count). The van der Waals surface area contributed by atoms with E-state index in [1.165, 1.54) is 33.4 Å². The maximum atomic E-state index is 4.31. The van der Waals surface area contributed by atoms with E-state index in [4.69, 9.17) is 0 Å². The number of imidazole rings is 2. The Labute approximate surface area is 179 Å². The van der Waals surface area contributed by atoms with E-state index in [-0.39, 0.29) is 0 Å². The predicted octanol–water partition coefficient (Wildman–Crippen LogP) is 6.36. The molecule has 0 spiro atoms. The fourth-order valence-corrected chi connectivity index (χ4v) is 3.82. The molecule has 2 heterocycles. The lowest BCUT2D eigenvalue weighted by molar-refractivity contribution is 0.871. The number of rotatable bonds is 4. The zero-order chi connectivity index (χ0) is 21.7. The van der Waals surface area contributed by atoms with Crippen LogP contribution in [0.1, 0.15) is 70.5 Å². The Bertz CT molecular complexity index is 975. The first-order valence-electron chi connectivity index (χ1n) is 10.5. The highest BCUT2D eigenvalue weighted by atomic mass is 14.9. The van der Waals surface area contributed by atoms with Crippen LogP contribution in [-0.2, 0) is 0 Å². The molecule has 2 N–H and O–H groups in total. The number of aromatic amines is 2. The summed E-state index contributed by atoms with van der Waals surface area (Å²) >= 11 is 0. The molecule has 0 radical (unpaired) electrons. The highest BCUT2D eigenvalue weighted by Crippen LogP contribution is 2.27. The summed E-state index contributed by atoms with van der Waals surface area (Å²) in [6, 6.07) is 12.9. The molecular formula is C26H32N4. The summed E-state index contributed by atoms with van der Waals surface area (Å²) in [6.07, 6.45) is 7.40. The molecule has 0 aliphatic rings. The molecule has 4 heteroatoms. The Morgan fingerprint density at radius 2 is 1.03 bits per heavy atom. The first-order valence-corrected chi connectivity index (χ1v) is 10.5. The Morgan fingerprint density at radius 3 is 1.37 bits per heavy atom. The minimum atomic E-state index is 0.358. The zero-order valence-corrected chi connectivity index (χ0v) is 18.8. The Kier molecular flexibility index (Phi) is 6.88. The van der Waals surface area contributed by atoms with Crippen molar-refractivity contribution in [3.8, 4) is 0 Å². The van der Waals surface area contributed by atoms with Gasteiger partial charge in [0.2, 0.25) is 0 Å². The summed E-state index contributed by atoms with van der Waals surface area (Å²) in [5.74, 6) is 0.715. The lowest BCUT2D eigenvalue weighted by Gasteiger charge is -2.14. The van der Waals surface area contributed by atoms with Crippen LogP contribution in [0.3, 0.4) is 0 Å². The molecule has 0 saturated carbocycles. The molecule has 0 fully saturated rings. The van der Waals surface area contributed by atoms with Gasteiger partial charge in [0.05, 0.1) is 24.0 Å². The van der Waals surface area contributed by atoms with Crippen LogP contribution < -0.4 is 0 Å². The van der Waals surface area contributed by atoms with Crippen LogP contribution in [0.4, 0.5) is 0 Å². The summed E-state index contributed by atoms with van der Waals surface area (Å²) in [5, 5.41) is 0. The lowest BCUT2D eigenvalue weighted by atomic mass is 9.92. The quantitative estimate of drug-likeness (QED) is 0.419. The highest BCUT2D eigenvalue weighted by molar-refractivity contribution is 5.39. The average Bonchev–Trinajstić information content (AvgIpc) is 3.46. The molecule has 2 atom stereocenters. The lowest BCUT2D eigenvalue weighted by Crippen LogP contribution is -2.00. The van der Waals surface area contributed by atoms with Crippen LogP contribution in [0.15, 0.2) is 61.4 Å². The van der Waals surface area contributed by atoms with Crippen molar-refractivity contribution in [2.75, 3.05) is 0 Å². The van der Waals surface area contributed by atoms with E-state index in [2.05, 4.69) is 97.9 Å². The van der Waals surface area contributed by atoms with Gasteiger partial charge in [-0.2, -0.15) is 0 Å². The maximum Gasteiger partial charge on any atom is 0.0923 e. The molecule has 0 aliphatic carbocycles. The summed E-state index contributed by atoms with van der Waals surface area (Å²) < 4.78 is 0. The SMILES string of the molecule is Cc1cccc(C(C)c2c[nH]cn2)c1C.Cc1cccc([C@H](C)c2c[nH]cn2)c1C. The van der Waals surface area contributed by atoms with Crippen LogP contribution in [-0.4, -0.2) is 19.9 Å². The molecular weight excluding hydrogens is 368 g/mol. The van der Waals surface area contributed by atoms with Gasteiger partial charge in [-0.3, -0.25) is 0 Å². The second-order valence-electron chi connectivity index (χ2n) is 8.01. The van der Waals surface area contributed by atoms with E-state index in [0.29, 0.717) is 11.8 Å². The maximum absolute atomic E-state index is 4.31. The second-order valence-corrected chi connectivity index (χ2v) is 8.01. The van der Waals surface area contributed by atoms with Gasteiger partial charge in [-0.15, -0.1) is 0 Å². The van der Waals surface area contributed by atoms with Crippen molar-refractivity contribution in [2.45, 2.75) is 53.4 Å². The number of hydrogen-bond acceptors (Lipinski definition) is 2. The number of aryl methyl sites for hydroxylation is 2. The summed E-state index contributed by atoms with van der Waals surface area (Å²) in [4.78, 5) is 14.6. The van der Waals surface area contributed by atoms with Crippen LogP contribution in [0.5, 0.6) is 0 Å². The topological polar surface area (TPSA) is 57.4 Å². The number of nitrogens with zero attached hydrogens (tertiary/aromatic N) is 2. The Hall–Kier alpha value is -3.14. The first kappa shape index (κ1) is 21.6. The Balaban J connectivity index is 0.000000171. The summed E-state index contributed by atoms with van der Waals surface area (Å²) in [6.45, 7) is 13.0. The fraction of sp³-hybridized carbons (Fsp3) is 0.308. The van der Waals surface area contributed by atoms with Crippen LogP contribution in [0.2, 0.25) is 0 Å². The first-order chi connectivity index (χ1) is 14.4. The third kappa shape index (κ3) is 4.70. The summed E-state index contributed by atoms with van der Waals surface area (Å²) in [7, 11) is 0.